The van der Waals surface area contributed by atoms with Crippen LogP contribution in [0.2, 0.25) is 0 Å². The maximum Gasteiger partial charge on any atom is 0.231 e. The second kappa shape index (κ2) is 6.66. The molecule has 0 bridgehead atoms. The van der Waals surface area contributed by atoms with Crippen LogP contribution in [0, 0.1) is 13.8 Å². The lowest BCUT2D eigenvalue weighted by Crippen LogP contribution is -2.33. The van der Waals surface area contributed by atoms with Gasteiger partial charge in [0.05, 0.1) is 17.8 Å². The molecule has 0 saturated carbocycles. The third-order valence-electron chi connectivity index (χ3n) is 4.79. The number of hydrogen-bond donors (Lipinski definition) is 2. The molecule has 26 heavy (non-hydrogen) atoms. The van der Waals surface area contributed by atoms with Gasteiger partial charge in [-0.25, -0.2) is 4.98 Å². The minimum atomic E-state index is -0.311. The van der Waals surface area contributed by atoms with Gasteiger partial charge in [0.25, 0.3) is 0 Å². The van der Waals surface area contributed by atoms with E-state index in [1.807, 2.05) is 18.4 Å². The van der Waals surface area contributed by atoms with Gasteiger partial charge >= 0.3 is 0 Å². The van der Waals surface area contributed by atoms with E-state index < -0.39 is 0 Å². The summed E-state index contributed by atoms with van der Waals surface area (Å²) in [5.41, 5.74) is 3.56. The molecule has 9 nitrogen and oxygen atoms in total. The summed E-state index contributed by atoms with van der Waals surface area (Å²) in [5.74, 6) is 1.00. The summed E-state index contributed by atoms with van der Waals surface area (Å²) in [6.07, 6.45) is 6.55. The number of carbonyl (C=O) groups is 1. The van der Waals surface area contributed by atoms with E-state index in [1.165, 1.54) is 0 Å². The Labute approximate surface area is 150 Å². The van der Waals surface area contributed by atoms with Crippen LogP contribution < -0.4 is 5.32 Å². The van der Waals surface area contributed by atoms with Crippen molar-refractivity contribution < 1.29 is 4.79 Å². The lowest BCUT2D eigenvalue weighted by Gasteiger charge is -2.22. The first-order chi connectivity index (χ1) is 12.6. The Balaban J connectivity index is 1.55. The minimum Gasteiger partial charge on any atom is -0.351 e. The highest BCUT2D eigenvalue weighted by atomic mass is 16.1. The van der Waals surface area contributed by atoms with Crippen LogP contribution in [0.1, 0.15) is 41.5 Å². The fraction of sp³-hybridized carbons (Fsp3) is 0.412. The summed E-state index contributed by atoms with van der Waals surface area (Å²) in [7, 11) is 0. The van der Waals surface area contributed by atoms with Crippen molar-refractivity contribution >= 4 is 5.91 Å². The first-order valence-corrected chi connectivity index (χ1v) is 8.62. The topological polar surface area (TPSA) is 114 Å². The van der Waals surface area contributed by atoms with Gasteiger partial charge in [0.2, 0.25) is 5.91 Å². The average Bonchev–Trinajstić information content (AvgIpc) is 3.24. The van der Waals surface area contributed by atoms with Crippen molar-refractivity contribution in [2.75, 3.05) is 0 Å². The second-order valence-electron chi connectivity index (χ2n) is 6.45. The van der Waals surface area contributed by atoms with Gasteiger partial charge in [0.1, 0.15) is 11.5 Å². The number of carbonyl (C=O) groups excluding carboxylic acids is 1. The molecule has 1 aliphatic rings. The van der Waals surface area contributed by atoms with E-state index in [1.54, 1.807) is 18.6 Å². The molecule has 3 aromatic rings. The van der Waals surface area contributed by atoms with Gasteiger partial charge in [-0.1, -0.05) is 0 Å². The standard InChI is InChI=1S/C17H20N8O/c1-10-13(11(2)22-21-10)8-20-17(26)12-4-3-7-25-15(12)23-24-16(25)14-9-18-5-6-19-14/h5-6,9,12H,3-4,7-8H2,1-2H3,(H,20,26)(H,21,22). The number of amides is 1. The van der Waals surface area contributed by atoms with E-state index in [0.29, 0.717) is 23.9 Å². The number of nitrogens with zero attached hydrogens (tertiary/aromatic N) is 6. The predicted octanol–water partition coefficient (Wildman–Crippen LogP) is 1.27. The molecular weight excluding hydrogens is 332 g/mol. The zero-order chi connectivity index (χ0) is 18.1. The van der Waals surface area contributed by atoms with Gasteiger partial charge in [0, 0.05) is 36.7 Å². The zero-order valence-corrected chi connectivity index (χ0v) is 14.7. The van der Waals surface area contributed by atoms with E-state index in [9.17, 15) is 4.79 Å². The third kappa shape index (κ3) is 2.85. The van der Waals surface area contributed by atoms with Crippen LogP contribution in [0.15, 0.2) is 18.6 Å². The Bertz CT molecular complexity index is 910. The molecular formula is C17H20N8O. The van der Waals surface area contributed by atoms with Crippen LogP contribution >= 0.6 is 0 Å². The van der Waals surface area contributed by atoms with Crippen molar-refractivity contribution in [2.45, 2.75) is 45.7 Å². The van der Waals surface area contributed by atoms with Crippen LogP contribution in [0.25, 0.3) is 11.5 Å². The number of aromatic amines is 1. The number of fused-ring (bicyclic) bond motifs is 1. The molecule has 0 aliphatic carbocycles. The first-order valence-electron chi connectivity index (χ1n) is 8.62. The fourth-order valence-electron chi connectivity index (χ4n) is 3.36. The van der Waals surface area contributed by atoms with Gasteiger partial charge in [-0.05, 0) is 26.7 Å². The molecule has 0 fully saturated rings. The molecule has 134 valence electrons. The molecule has 1 aliphatic heterocycles. The van der Waals surface area contributed by atoms with Crippen LogP contribution in [0.4, 0.5) is 0 Å². The number of aromatic nitrogens is 7. The van der Waals surface area contributed by atoms with Crippen molar-refractivity contribution in [1.29, 1.82) is 0 Å². The molecule has 0 aromatic carbocycles. The Hall–Kier alpha value is -3.10. The van der Waals surface area contributed by atoms with E-state index in [0.717, 1.165) is 36.3 Å². The average molecular weight is 352 g/mol. The normalized spacial score (nSPS) is 16.3. The summed E-state index contributed by atoms with van der Waals surface area (Å²) < 4.78 is 1.98. The summed E-state index contributed by atoms with van der Waals surface area (Å²) in [5, 5.41) is 18.7. The molecule has 9 heteroatoms. The second-order valence-corrected chi connectivity index (χ2v) is 6.45. The number of aryl methyl sites for hydroxylation is 2. The Morgan fingerprint density at radius 1 is 1.35 bits per heavy atom. The first kappa shape index (κ1) is 16.4. The van der Waals surface area contributed by atoms with Gasteiger partial charge < -0.3 is 9.88 Å². The van der Waals surface area contributed by atoms with Crippen LogP contribution in [-0.4, -0.2) is 40.8 Å². The van der Waals surface area contributed by atoms with Gasteiger partial charge in [-0.3, -0.25) is 14.9 Å². The third-order valence-corrected chi connectivity index (χ3v) is 4.79. The van der Waals surface area contributed by atoms with Crippen LogP contribution in [-0.2, 0) is 17.9 Å². The van der Waals surface area contributed by atoms with Gasteiger partial charge in [0.15, 0.2) is 5.82 Å². The molecule has 4 rings (SSSR count). The van der Waals surface area contributed by atoms with Crippen molar-refractivity contribution in [3.63, 3.8) is 0 Å². The number of rotatable bonds is 4. The maximum atomic E-state index is 12.8. The summed E-state index contributed by atoms with van der Waals surface area (Å²) in [6, 6.07) is 0. The van der Waals surface area contributed by atoms with Crippen molar-refractivity contribution in [1.82, 2.24) is 40.2 Å². The fourth-order valence-corrected chi connectivity index (χ4v) is 3.36. The molecule has 1 unspecified atom stereocenters. The lowest BCUT2D eigenvalue weighted by molar-refractivity contribution is -0.123. The molecule has 2 N–H and O–H groups in total. The number of hydrogen-bond acceptors (Lipinski definition) is 6. The van der Waals surface area contributed by atoms with Crippen molar-refractivity contribution in [3.8, 4) is 11.5 Å². The van der Waals surface area contributed by atoms with Crippen molar-refractivity contribution in [3.05, 3.63) is 41.4 Å². The van der Waals surface area contributed by atoms with E-state index in [4.69, 9.17) is 0 Å². The molecule has 0 radical (unpaired) electrons. The largest absolute Gasteiger partial charge is 0.351 e. The monoisotopic (exact) mass is 352 g/mol. The van der Waals surface area contributed by atoms with E-state index >= 15 is 0 Å². The number of H-pyrrole nitrogens is 1. The molecule has 1 amide bonds. The molecule has 1 atom stereocenters. The smallest absolute Gasteiger partial charge is 0.231 e. The highest BCUT2D eigenvalue weighted by molar-refractivity contribution is 5.83. The van der Waals surface area contributed by atoms with E-state index in [-0.39, 0.29) is 11.8 Å². The Kier molecular flexibility index (Phi) is 4.19. The highest BCUT2D eigenvalue weighted by Gasteiger charge is 2.31. The van der Waals surface area contributed by atoms with Crippen LogP contribution in [0.3, 0.4) is 0 Å². The van der Waals surface area contributed by atoms with Gasteiger partial charge in [-0.2, -0.15) is 5.10 Å². The quantitative estimate of drug-likeness (QED) is 0.731. The highest BCUT2D eigenvalue weighted by Crippen LogP contribution is 2.29. The van der Waals surface area contributed by atoms with E-state index in [2.05, 4.69) is 35.7 Å². The minimum absolute atomic E-state index is 0.0379. The van der Waals surface area contributed by atoms with Crippen LogP contribution in [0.5, 0.6) is 0 Å². The molecule has 3 aromatic heterocycles. The SMILES string of the molecule is Cc1n[nH]c(C)c1CNC(=O)C1CCCn2c(-c3cnccn3)nnc21. The Morgan fingerprint density at radius 2 is 2.23 bits per heavy atom. The van der Waals surface area contributed by atoms with Gasteiger partial charge in [-0.15, -0.1) is 10.2 Å². The lowest BCUT2D eigenvalue weighted by atomic mass is 9.97. The summed E-state index contributed by atoms with van der Waals surface area (Å²) in [4.78, 5) is 21.2. The molecule has 4 heterocycles. The number of nitrogens with one attached hydrogen (secondary N) is 2. The van der Waals surface area contributed by atoms with Crippen molar-refractivity contribution in [2.24, 2.45) is 0 Å². The predicted molar refractivity (Wildman–Crippen MR) is 92.9 cm³/mol. The summed E-state index contributed by atoms with van der Waals surface area (Å²) in [6.45, 7) is 5.11. The molecule has 0 spiro atoms. The summed E-state index contributed by atoms with van der Waals surface area (Å²) >= 11 is 0. The zero-order valence-electron chi connectivity index (χ0n) is 14.7. The Morgan fingerprint density at radius 3 is 2.96 bits per heavy atom. The maximum absolute atomic E-state index is 12.8. The molecule has 0 saturated heterocycles.